The topological polar surface area (TPSA) is 105 Å². The van der Waals surface area contributed by atoms with E-state index in [0.717, 1.165) is 31.5 Å². The number of likely N-dealkylation sites (tertiary alicyclic amines) is 1. The summed E-state index contributed by atoms with van der Waals surface area (Å²) in [6.07, 6.45) is 6.63. The number of aliphatic imine (C=N–C) groups is 1. The minimum Gasteiger partial charge on any atom is -0.398 e. The van der Waals surface area contributed by atoms with E-state index in [0.29, 0.717) is 17.1 Å². The Morgan fingerprint density at radius 2 is 1.78 bits per heavy atom. The van der Waals surface area contributed by atoms with Gasteiger partial charge in [-0.1, -0.05) is 30.2 Å². The molecule has 0 radical (unpaired) electrons. The van der Waals surface area contributed by atoms with Gasteiger partial charge in [0.1, 0.15) is 11.5 Å². The maximum absolute atomic E-state index is 13.2. The lowest BCUT2D eigenvalue weighted by Gasteiger charge is -2.45. The molecule has 0 aromatic heterocycles. The summed E-state index contributed by atoms with van der Waals surface area (Å²) in [6, 6.07) is 6.82. The molecular formula is C19H25N5O2S. The molecule has 1 unspecified atom stereocenters. The van der Waals surface area contributed by atoms with E-state index in [1.165, 1.54) is 16.9 Å². The summed E-state index contributed by atoms with van der Waals surface area (Å²) < 4.78 is 27.7. The number of hydrogen-bond acceptors (Lipinski definition) is 6. The number of sulfonamides is 1. The predicted molar refractivity (Wildman–Crippen MR) is 105 cm³/mol. The third-order valence-corrected chi connectivity index (χ3v) is 7.35. The van der Waals surface area contributed by atoms with Crippen LogP contribution in [0.15, 0.2) is 57.7 Å². The Kier molecular flexibility index (Phi) is 4.37. The molecule has 0 saturated carbocycles. The highest BCUT2D eigenvalue weighted by atomic mass is 32.2. The molecule has 8 heteroatoms. The Hall–Kier alpha value is -2.16. The summed E-state index contributed by atoms with van der Waals surface area (Å²) in [5, 5.41) is 0. The lowest BCUT2D eigenvalue weighted by atomic mass is 9.91. The number of benzene rings is 1. The fourth-order valence-electron chi connectivity index (χ4n) is 3.98. The number of fused-ring (bicyclic) bond motifs is 1. The highest BCUT2D eigenvalue weighted by molar-refractivity contribution is 7.89. The average Bonchev–Trinajstić information content (AvgIpc) is 3.12. The third kappa shape index (κ3) is 2.79. The van der Waals surface area contributed by atoms with E-state index < -0.39 is 15.7 Å². The van der Waals surface area contributed by atoms with Gasteiger partial charge in [0.2, 0.25) is 0 Å². The molecule has 4 rings (SSSR count). The van der Waals surface area contributed by atoms with Crippen molar-refractivity contribution in [3.63, 3.8) is 0 Å². The molecule has 27 heavy (non-hydrogen) atoms. The first kappa shape index (κ1) is 18.2. The maximum Gasteiger partial charge on any atom is 0.265 e. The molecule has 0 spiro atoms. The second-order valence-electron chi connectivity index (χ2n) is 7.32. The molecule has 3 aliphatic heterocycles. The van der Waals surface area contributed by atoms with Crippen molar-refractivity contribution in [2.24, 2.45) is 16.5 Å². The van der Waals surface area contributed by atoms with E-state index in [9.17, 15) is 8.42 Å². The van der Waals surface area contributed by atoms with E-state index in [4.69, 9.17) is 11.5 Å². The Morgan fingerprint density at radius 1 is 1.11 bits per heavy atom. The molecule has 0 amide bonds. The zero-order valence-electron chi connectivity index (χ0n) is 15.4. The number of amidine groups is 1. The highest BCUT2D eigenvalue weighted by Crippen LogP contribution is 2.36. The first-order chi connectivity index (χ1) is 12.8. The average molecular weight is 388 g/mol. The van der Waals surface area contributed by atoms with Crippen LogP contribution in [0.1, 0.15) is 24.8 Å². The molecule has 3 heterocycles. The number of piperidine rings is 1. The van der Waals surface area contributed by atoms with Crippen LogP contribution in [0.3, 0.4) is 0 Å². The van der Waals surface area contributed by atoms with Gasteiger partial charge in [0.05, 0.1) is 23.3 Å². The molecule has 0 bridgehead atoms. The molecule has 1 aromatic rings. The molecule has 7 nitrogen and oxygen atoms in total. The molecule has 1 saturated heterocycles. The van der Waals surface area contributed by atoms with E-state index >= 15 is 0 Å². The number of aryl methyl sites for hydroxylation is 1. The fraction of sp³-hybridized carbons (Fsp3) is 0.421. The third-order valence-electron chi connectivity index (χ3n) is 5.58. The first-order valence-corrected chi connectivity index (χ1v) is 10.7. The molecule has 4 N–H and O–H groups in total. The van der Waals surface area contributed by atoms with Gasteiger partial charge in [-0.05, 0) is 31.9 Å². The summed E-state index contributed by atoms with van der Waals surface area (Å²) in [5.41, 5.74) is 14.2. The van der Waals surface area contributed by atoms with Crippen LogP contribution in [0.4, 0.5) is 0 Å². The van der Waals surface area contributed by atoms with Gasteiger partial charge >= 0.3 is 0 Å². The number of hydrogen-bond donors (Lipinski definition) is 2. The molecule has 0 aliphatic carbocycles. The maximum atomic E-state index is 13.2. The zero-order chi connectivity index (χ0) is 19.2. The Balaban J connectivity index is 1.71. The van der Waals surface area contributed by atoms with Gasteiger partial charge in [0, 0.05) is 18.7 Å². The van der Waals surface area contributed by atoms with Crippen molar-refractivity contribution in [3.05, 3.63) is 53.4 Å². The predicted octanol–water partition coefficient (Wildman–Crippen LogP) is 1.28. The van der Waals surface area contributed by atoms with E-state index in [-0.39, 0.29) is 11.4 Å². The smallest absolute Gasteiger partial charge is 0.265 e. The van der Waals surface area contributed by atoms with Gasteiger partial charge in [-0.15, -0.1) is 0 Å². The molecule has 1 aromatic carbocycles. The Morgan fingerprint density at radius 3 is 2.44 bits per heavy atom. The van der Waals surface area contributed by atoms with Crippen LogP contribution in [0.5, 0.6) is 0 Å². The fourth-order valence-corrected chi connectivity index (χ4v) is 5.36. The second kappa shape index (κ2) is 6.47. The van der Waals surface area contributed by atoms with Crippen LogP contribution in [-0.2, 0) is 10.0 Å². The van der Waals surface area contributed by atoms with Crippen molar-refractivity contribution < 1.29 is 8.42 Å². The van der Waals surface area contributed by atoms with Crippen molar-refractivity contribution in [2.45, 2.75) is 36.7 Å². The van der Waals surface area contributed by atoms with Crippen LogP contribution in [0.2, 0.25) is 0 Å². The lowest BCUT2D eigenvalue weighted by molar-refractivity contribution is 0.129. The minimum atomic E-state index is -3.72. The van der Waals surface area contributed by atoms with Gasteiger partial charge in [-0.2, -0.15) is 0 Å². The minimum absolute atomic E-state index is 0.207. The van der Waals surface area contributed by atoms with Crippen LogP contribution in [0, 0.1) is 6.92 Å². The second-order valence-corrected chi connectivity index (χ2v) is 9.18. The zero-order valence-corrected chi connectivity index (χ0v) is 16.2. The van der Waals surface area contributed by atoms with E-state index in [1.807, 2.05) is 13.0 Å². The number of nitrogens with two attached hydrogens (primary N) is 2. The Bertz CT molecular complexity index is 943. The molecule has 3 aliphatic rings. The van der Waals surface area contributed by atoms with E-state index in [1.54, 1.807) is 24.3 Å². The summed E-state index contributed by atoms with van der Waals surface area (Å²) in [4.78, 5) is 6.74. The van der Waals surface area contributed by atoms with E-state index in [2.05, 4.69) is 9.89 Å². The molecule has 1 fully saturated rings. The first-order valence-electron chi connectivity index (χ1n) is 9.23. The highest BCUT2D eigenvalue weighted by Gasteiger charge is 2.48. The largest absolute Gasteiger partial charge is 0.398 e. The van der Waals surface area contributed by atoms with Crippen LogP contribution in [-0.4, -0.2) is 48.8 Å². The number of nitrogens with zero attached hydrogens (tertiary/aromatic N) is 3. The molecular weight excluding hydrogens is 362 g/mol. The standard InChI is InChI=1S/C19H25N5O2S/c1-14-5-7-15(8-6-14)27(25,26)24-12-9-16-18(24)22-13-17(20)19(16,21)23-10-3-2-4-11-23/h5-9,13H,2-4,10-12,20-21H2,1H3. The van der Waals surface area contributed by atoms with Gasteiger partial charge in [-0.3, -0.25) is 4.90 Å². The van der Waals surface area contributed by atoms with Crippen molar-refractivity contribution in [1.29, 1.82) is 0 Å². The molecule has 144 valence electrons. The summed E-state index contributed by atoms with van der Waals surface area (Å²) in [6.45, 7) is 3.80. The van der Waals surface area contributed by atoms with Crippen molar-refractivity contribution in [2.75, 3.05) is 19.6 Å². The molecule has 1 atom stereocenters. The van der Waals surface area contributed by atoms with Crippen molar-refractivity contribution in [1.82, 2.24) is 9.21 Å². The van der Waals surface area contributed by atoms with Gasteiger partial charge in [0.15, 0.2) is 0 Å². The lowest BCUT2D eigenvalue weighted by Crippen LogP contribution is -2.64. The van der Waals surface area contributed by atoms with Gasteiger partial charge in [0.25, 0.3) is 10.0 Å². The van der Waals surface area contributed by atoms with Gasteiger partial charge < -0.3 is 11.5 Å². The SMILES string of the molecule is Cc1ccc(S(=O)(=O)N2CC=C3C2=NC=C(N)C3(N)N2CCCCC2)cc1. The van der Waals surface area contributed by atoms with Crippen LogP contribution < -0.4 is 11.5 Å². The summed E-state index contributed by atoms with van der Waals surface area (Å²) >= 11 is 0. The van der Waals surface area contributed by atoms with Crippen molar-refractivity contribution >= 4 is 15.9 Å². The van der Waals surface area contributed by atoms with Crippen LogP contribution in [0.25, 0.3) is 0 Å². The quantitative estimate of drug-likeness (QED) is 0.813. The summed E-state index contributed by atoms with van der Waals surface area (Å²) in [7, 11) is -3.72. The number of rotatable bonds is 3. The monoisotopic (exact) mass is 387 g/mol. The van der Waals surface area contributed by atoms with Gasteiger partial charge in [-0.25, -0.2) is 17.7 Å². The van der Waals surface area contributed by atoms with Crippen molar-refractivity contribution in [3.8, 4) is 0 Å². The van der Waals surface area contributed by atoms with Crippen LogP contribution >= 0.6 is 0 Å². The summed E-state index contributed by atoms with van der Waals surface area (Å²) in [5.74, 6) is 0.373. The normalized spacial score (nSPS) is 26.3. The Labute approximate surface area is 160 Å².